The normalized spacial score (nSPS) is 16.6. The van der Waals surface area contributed by atoms with E-state index in [1.165, 1.54) is 23.7 Å². The summed E-state index contributed by atoms with van der Waals surface area (Å²) in [6.07, 6.45) is 1.95. The molecular formula is C19H21ClFN5O3. The maximum atomic E-state index is 14.4. The quantitative estimate of drug-likeness (QED) is 0.680. The van der Waals surface area contributed by atoms with Gasteiger partial charge in [0.15, 0.2) is 11.2 Å². The number of benzene rings is 1. The van der Waals surface area contributed by atoms with E-state index in [2.05, 4.69) is 10.3 Å². The molecule has 1 aromatic carbocycles. The van der Waals surface area contributed by atoms with Crippen molar-refractivity contribution in [2.24, 2.45) is 14.1 Å². The van der Waals surface area contributed by atoms with Gasteiger partial charge in [0.05, 0.1) is 12.6 Å². The number of nitrogens with zero attached hydrogens (tertiary/aromatic N) is 4. The Bertz CT molecular complexity index is 1170. The van der Waals surface area contributed by atoms with Crippen molar-refractivity contribution in [3.05, 3.63) is 55.4 Å². The van der Waals surface area contributed by atoms with Gasteiger partial charge in [0.2, 0.25) is 5.95 Å². The fourth-order valence-electron chi connectivity index (χ4n) is 3.59. The van der Waals surface area contributed by atoms with Crippen LogP contribution < -0.4 is 16.6 Å². The van der Waals surface area contributed by atoms with Crippen LogP contribution in [0.25, 0.3) is 11.2 Å². The molecule has 1 N–H and O–H groups in total. The molecule has 8 nitrogen and oxygen atoms in total. The molecule has 2 aromatic heterocycles. The van der Waals surface area contributed by atoms with Gasteiger partial charge in [-0.3, -0.25) is 18.5 Å². The van der Waals surface area contributed by atoms with Gasteiger partial charge in [0, 0.05) is 37.8 Å². The molecule has 0 saturated carbocycles. The lowest BCUT2D eigenvalue weighted by Gasteiger charge is -2.14. The number of aryl methyl sites for hydroxylation is 1. The van der Waals surface area contributed by atoms with Gasteiger partial charge in [-0.1, -0.05) is 17.7 Å². The summed E-state index contributed by atoms with van der Waals surface area (Å²) in [4.78, 5) is 29.7. The number of rotatable bonds is 5. The summed E-state index contributed by atoms with van der Waals surface area (Å²) in [7, 11) is 2.94. The molecule has 154 valence electrons. The van der Waals surface area contributed by atoms with Gasteiger partial charge in [-0.2, -0.15) is 4.98 Å². The van der Waals surface area contributed by atoms with Gasteiger partial charge in [-0.15, -0.1) is 0 Å². The van der Waals surface area contributed by atoms with Crippen molar-refractivity contribution in [3.8, 4) is 0 Å². The zero-order valence-corrected chi connectivity index (χ0v) is 16.9. The predicted molar refractivity (Wildman–Crippen MR) is 108 cm³/mol. The Morgan fingerprint density at radius 2 is 2.10 bits per heavy atom. The van der Waals surface area contributed by atoms with E-state index in [1.807, 2.05) is 0 Å². The third kappa shape index (κ3) is 3.44. The highest BCUT2D eigenvalue weighted by atomic mass is 35.5. The molecule has 1 saturated heterocycles. The van der Waals surface area contributed by atoms with Crippen LogP contribution in [-0.2, 0) is 25.4 Å². The fourth-order valence-corrected chi connectivity index (χ4v) is 3.81. The number of hydrogen-bond acceptors (Lipinski definition) is 5. The summed E-state index contributed by atoms with van der Waals surface area (Å²) in [5.74, 6) is -0.126. The van der Waals surface area contributed by atoms with E-state index in [-0.39, 0.29) is 34.4 Å². The second kappa shape index (κ2) is 7.64. The molecular weight excluding hydrogens is 401 g/mol. The predicted octanol–water partition coefficient (Wildman–Crippen LogP) is 1.87. The van der Waals surface area contributed by atoms with Crippen LogP contribution in [-0.4, -0.2) is 37.9 Å². The van der Waals surface area contributed by atoms with E-state index in [0.717, 1.165) is 17.4 Å². The Balaban J connectivity index is 1.87. The molecule has 3 heterocycles. The summed E-state index contributed by atoms with van der Waals surface area (Å²) in [5, 5.41) is 3.44. The van der Waals surface area contributed by atoms with Crippen LogP contribution >= 0.6 is 11.6 Å². The first-order chi connectivity index (χ1) is 13.9. The van der Waals surface area contributed by atoms with Crippen LogP contribution in [0.3, 0.4) is 0 Å². The molecule has 1 aliphatic rings. The van der Waals surface area contributed by atoms with Crippen molar-refractivity contribution in [3.63, 3.8) is 0 Å². The molecule has 1 fully saturated rings. The molecule has 29 heavy (non-hydrogen) atoms. The molecule has 0 spiro atoms. The van der Waals surface area contributed by atoms with E-state index in [4.69, 9.17) is 16.3 Å². The number of nitrogens with one attached hydrogen (secondary N) is 1. The molecule has 1 unspecified atom stereocenters. The third-order valence-corrected chi connectivity index (χ3v) is 5.59. The monoisotopic (exact) mass is 421 g/mol. The smallest absolute Gasteiger partial charge is 0.332 e. The lowest BCUT2D eigenvalue weighted by molar-refractivity contribution is 0.120. The molecule has 0 amide bonds. The van der Waals surface area contributed by atoms with Crippen LogP contribution in [0.1, 0.15) is 18.4 Å². The second-order valence-corrected chi connectivity index (χ2v) is 7.52. The number of hydrogen-bond donors (Lipinski definition) is 1. The molecule has 10 heteroatoms. The standard InChI is InChI=1S/C19H21ClFN5O3/c1-24-16-15(17(27)25(2)19(24)28)26(10-12-13(20)6-3-7-14(12)21)18(23-16)22-9-11-5-4-8-29-11/h3,6-7,11H,4-5,8-10H2,1-2H3,(H,22,23). The minimum Gasteiger partial charge on any atom is -0.376 e. The first-order valence-corrected chi connectivity index (χ1v) is 9.71. The zero-order valence-electron chi connectivity index (χ0n) is 16.1. The summed E-state index contributed by atoms with van der Waals surface area (Å²) in [6, 6.07) is 4.42. The first kappa shape index (κ1) is 19.7. The molecule has 1 atom stereocenters. The zero-order chi connectivity index (χ0) is 20.7. The average molecular weight is 422 g/mol. The number of imidazole rings is 1. The Morgan fingerprint density at radius 1 is 1.31 bits per heavy atom. The number of fused-ring (bicyclic) bond motifs is 1. The highest BCUT2D eigenvalue weighted by Gasteiger charge is 2.22. The topological polar surface area (TPSA) is 83.1 Å². The average Bonchev–Trinajstić information content (AvgIpc) is 3.34. The maximum absolute atomic E-state index is 14.4. The van der Waals surface area contributed by atoms with Gasteiger partial charge >= 0.3 is 5.69 Å². The first-order valence-electron chi connectivity index (χ1n) is 9.33. The van der Waals surface area contributed by atoms with E-state index in [1.54, 1.807) is 17.7 Å². The number of ether oxygens (including phenoxy) is 1. The Labute approximate surface area is 170 Å². The number of aromatic nitrogens is 4. The summed E-state index contributed by atoms with van der Waals surface area (Å²) in [6.45, 7) is 1.19. The van der Waals surface area contributed by atoms with Gasteiger partial charge < -0.3 is 10.1 Å². The van der Waals surface area contributed by atoms with Crippen LogP contribution in [0.2, 0.25) is 5.02 Å². The molecule has 0 aliphatic carbocycles. The molecule has 0 bridgehead atoms. The van der Waals surface area contributed by atoms with Crippen LogP contribution in [0.15, 0.2) is 27.8 Å². The van der Waals surface area contributed by atoms with Crippen molar-refractivity contribution in [2.45, 2.75) is 25.5 Å². The lowest BCUT2D eigenvalue weighted by Crippen LogP contribution is -2.37. The van der Waals surface area contributed by atoms with E-state index < -0.39 is 17.1 Å². The minimum atomic E-state index is -0.506. The van der Waals surface area contributed by atoms with Crippen LogP contribution in [0.5, 0.6) is 0 Å². The largest absolute Gasteiger partial charge is 0.376 e. The highest BCUT2D eigenvalue weighted by Crippen LogP contribution is 2.24. The SMILES string of the molecule is Cn1c(=O)c2c(nc(NCC3CCCO3)n2Cc2c(F)cccc2Cl)n(C)c1=O. The van der Waals surface area contributed by atoms with E-state index in [9.17, 15) is 14.0 Å². The van der Waals surface area contributed by atoms with Gasteiger partial charge in [-0.05, 0) is 25.0 Å². The fraction of sp³-hybridized carbons (Fsp3) is 0.421. The molecule has 4 rings (SSSR count). The maximum Gasteiger partial charge on any atom is 0.332 e. The van der Waals surface area contributed by atoms with Crippen molar-refractivity contribution in [1.29, 1.82) is 0 Å². The van der Waals surface area contributed by atoms with E-state index in [0.29, 0.717) is 19.1 Å². The molecule has 3 aromatic rings. The van der Waals surface area contributed by atoms with Crippen molar-refractivity contribution in [1.82, 2.24) is 18.7 Å². The molecule has 1 aliphatic heterocycles. The Kier molecular flexibility index (Phi) is 5.18. The molecule has 0 radical (unpaired) electrons. The van der Waals surface area contributed by atoms with Crippen molar-refractivity contribution < 1.29 is 9.13 Å². The highest BCUT2D eigenvalue weighted by molar-refractivity contribution is 6.31. The Morgan fingerprint density at radius 3 is 2.79 bits per heavy atom. The number of halogens is 2. The Hall–Kier alpha value is -2.65. The summed E-state index contributed by atoms with van der Waals surface area (Å²) >= 11 is 6.21. The van der Waals surface area contributed by atoms with Gasteiger partial charge in [0.1, 0.15) is 5.82 Å². The van der Waals surface area contributed by atoms with E-state index >= 15 is 0 Å². The van der Waals surface area contributed by atoms with Crippen LogP contribution in [0, 0.1) is 5.82 Å². The summed E-state index contributed by atoms with van der Waals surface area (Å²) in [5.41, 5.74) is -0.330. The van der Waals surface area contributed by atoms with Crippen molar-refractivity contribution in [2.75, 3.05) is 18.5 Å². The second-order valence-electron chi connectivity index (χ2n) is 7.12. The van der Waals surface area contributed by atoms with Crippen LogP contribution in [0.4, 0.5) is 10.3 Å². The summed E-state index contributed by atoms with van der Waals surface area (Å²) < 4.78 is 23.9. The van der Waals surface area contributed by atoms with Gasteiger partial charge in [-0.25, -0.2) is 9.18 Å². The van der Waals surface area contributed by atoms with Crippen molar-refractivity contribution >= 4 is 28.7 Å². The minimum absolute atomic E-state index is 0.0106. The third-order valence-electron chi connectivity index (χ3n) is 5.24. The lowest BCUT2D eigenvalue weighted by atomic mass is 10.2. The number of anilines is 1. The van der Waals surface area contributed by atoms with Gasteiger partial charge in [0.25, 0.3) is 5.56 Å².